The van der Waals surface area contributed by atoms with Gasteiger partial charge in [0.05, 0.1) is 5.75 Å². The van der Waals surface area contributed by atoms with Crippen molar-refractivity contribution in [3.8, 4) is 0 Å². The smallest absolute Gasteiger partial charge is 0.251 e. The lowest BCUT2D eigenvalue weighted by Gasteiger charge is -2.25. The molecule has 0 spiro atoms. The van der Waals surface area contributed by atoms with Gasteiger partial charge in [0.2, 0.25) is 10.0 Å². The van der Waals surface area contributed by atoms with Gasteiger partial charge in [0.1, 0.15) is 0 Å². The molecule has 0 aromatic heterocycles. The minimum absolute atomic E-state index is 0.0126. The van der Waals surface area contributed by atoms with E-state index in [2.05, 4.69) is 43.4 Å². The van der Waals surface area contributed by atoms with Gasteiger partial charge in [-0.25, -0.2) is 12.7 Å². The fourth-order valence-corrected chi connectivity index (χ4v) is 5.30. The Balaban J connectivity index is 1.49. The van der Waals surface area contributed by atoms with E-state index in [1.807, 2.05) is 0 Å². The normalized spacial score (nSPS) is 15.3. The minimum atomic E-state index is -3.29. The molecular formula is C24H32N2O3S. The number of amides is 1. The van der Waals surface area contributed by atoms with E-state index in [1.54, 1.807) is 28.6 Å². The molecule has 0 aliphatic carbocycles. The number of nitrogens with zero attached hydrogens (tertiary/aromatic N) is 1. The number of hydrogen-bond acceptors (Lipinski definition) is 3. The van der Waals surface area contributed by atoms with Gasteiger partial charge >= 0.3 is 0 Å². The first-order valence-electron chi connectivity index (χ1n) is 10.8. The van der Waals surface area contributed by atoms with Gasteiger partial charge in [-0.3, -0.25) is 4.79 Å². The van der Waals surface area contributed by atoms with Crippen LogP contribution in [-0.4, -0.2) is 38.3 Å². The average Bonchev–Trinajstić information content (AvgIpc) is 2.75. The summed E-state index contributed by atoms with van der Waals surface area (Å²) in [4.78, 5) is 12.4. The number of hydrogen-bond donors (Lipinski definition) is 1. The van der Waals surface area contributed by atoms with Gasteiger partial charge in [0.25, 0.3) is 5.91 Å². The van der Waals surface area contributed by atoms with Crippen LogP contribution in [0.2, 0.25) is 0 Å². The fourth-order valence-electron chi connectivity index (χ4n) is 3.69. The summed E-state index contributed by atoms with van der Waals surface area (Å²) in [5, 5.41) is 2.94. The molecule has 1 aliphatic rings. The lowest BCUT2D eigenvalue weighted by atomic mass is 10.0. The average molecular weight is 429 g/mol. The zero-order chi connectivity index (χ0) is 21.6. The summed E-state index contributed by atoms with van der Waals surface area (Å²) in [7, 11) is -3.29. The van der Waals surface area contributed by atoms with E-state index in [9.17, 15) is 13.2 Å². The standard InChI is InChI=1S/C24H32N2O3S/c1-19(2)22-10-6-20(7-11-22)14-15-25-24(27)23-12-8-21(9-13-23)18-30(28,29)26-16-4-3-5-17-26/h6-13,19H,3-5,14-18H2,1-2H3,(H,25,27). The summed E-state index contributed by atoms with van der Waals surface area (Å²) in [5.41, 5.74) is 3.76. The van der Waals surface area contributed by atoms with Crippen LogP contribution in [0.1, 0.15) is 66.1 Å². The molecule has 2 aromatic rings. The van der Waals surface area contributed by atoms with Crippen molar-refractivity contribution in [1.29, 1.82) is 0 Å². The van der Waals surface area contributed by atoms with Gasteiger partial charge in [0, 0.05) is 25.2 Å². The van der Waals surface area contributed by atoms with Crippen LogP contribution >= 0.6 is 0 Å². The van der Waals surface area contributed by atoms with Gasteiger partial charge in [0.15, 0.2) is 0 Å². The second-order valence-electron chi connectivity index (χ2n) is 8.32. The number of piperidine rings is 1. The first kappa shape index (κ1) is 22.5. The van der Waals surface area contributed by atoms with Crippen LogP contribution < -0.4 is 5.32 Å². The van der Waals surface area contributed by atoms with Crippen LogP contribution in [0.25, 0.3) is 0 Å². The molecule has 30 heavy (non-hydrogen) atoms. The van der Waals surface area contributed by atoms with Gasteiger partial charge in [-0.05, 0) is 54.0 Å². The number of rotatable bonds is 8. The van der Waals surface area contributed by atoms with E-state index >= 15 is 0 Å². The number of benzene rings is 2. The maximum atomic E-state index is 12.6. The molecule has 2 aromatic carbocycles. The highest BCUT2D eigenvalue weighted by Crippen LogP contribution is 2.18. The van der Waals surface area contributed by atoms with Crippen LogP contribution in [0.15, 0.2) is 48.5 Å². The summed E-state index contributed by atoms with van der Waals surface area (Å²) in [6.45, 7) is 6.13. The quantitative estimate of drug-likeness (QED) is 0.688. The lowest BCUT2D eigenvalue weighted by molar-refractivity contribution is 0.0954. The molecule has 1 saturated heterocycles. The van der Waals surface area contributed by atoms with Gasteiger partial charge < -0.3 is 5.32 Å². The predicted octanol–water partition coefficient (Wildman–Crippen LogP) is 4.10. The van der Waals surface area contributed by atoms with Crippen molar-refractivity contribution >= 4 is 15.9 Å². The van der Waals surface area contributed by atoms with Crippen molar-refractivity contribution in [2.75, 3.05) is 19.6 Å². The number of carbonyl (C=O) groups excluding carboxylic acids is 1. The molecule has 1 fully saturated rings. The van der Waals surface area contributed by atoms with E-state index in [-0.39, 0.29) is 11.7 Å². The molecule has 1 heterocycles. The van der Waals surface area contributed by atoms with Crippen LogP contribution in [0.3, 0.4) is 0 Å². The maximum absolute atomic E-state index is 12.6. The van der Waals surface area contributed by atoms with Crippen LogP contribution in [-0.2, 0) is 22.2 Å². The molecule has 0 unspecified atom stereocenters. The van der Waals surface area contributed by atoms with Crippen molar-refractivity contribution < 1.29 is 13.2 Å². The van der Waals surface area contributed by atoms with Gasteiger partial charge in [-0.1, -0.05) is 56.7 Å². The van der Waals surface area contributed by atoms with Crippen molar-refractivity contribution in [2.45, 2.75) is 51.2 Å². The Morgan fingerprint density at radius 1 is 0.933 bits per heavy atom. The lowest BCUT2D eigenvalue weighted by Crippen LogP contribution is -2.36. The largest absolute Gasteiger partial charge is 0.352 e. The zero-order valence-electron chi connectivity index (χ0n) is 17.9. The van der Waals surface area contributed by atoms with Crippen molar-refractivity contribution in [2.24, 2.45) is 0 Å². The third-order valence-corrected chi connectivity index (χ3v) is 7.47. The molecule has 1 amide bonds. The van der Waals surface area contributed by atoms with E-state index in [4.69, 9.17) is 0 Å². The van der Waals surface area contributed by atoms with Crippen LogP contribution in [0, 0.1) is 0 Å². The number of sulfonamides is 1. The van der Waals surface area contributed by atoms with E-state index in [0.717, 1.165) is 25.7 Å². The van der Waals surface area contributed by atoms with Crippen LogP contribution in [0.5, 0.6) is 0 Å². The Hall–Kier alpha value is -2.18. The SMILES string of the molecule is CC(C)c1ccc(CCNC(=O)c2ccc(CS(=O)(=O)N3CCCCC3)cc2)cc1. The maximum Gasteiger partial charge on any atom is 0.251 e. The fraction of sp³-hybridized carbons (Fsp3) is 0.458. The molecule has 6 heteroatoms. The summed E-state index contributed by atoms with van der Waals surface area (Å²) in [6, 6.07) is 15.4. The third kappa shape index (κ3) is 6.16. The Labute approximate surface area is 180 Å². The van der Waals surface area contributed by atoms with Gasteiger partial charge in [-0.15, -0.1) is 0 Å². The first-order chi connectivity index (χ1) is 14.3. The van der Waals surface area contributed by atoms with Crippen LogP contribution in [0.4, 0.5) is 0 Å². The molecular weight excluding hydrogens is 396 g/mol. The Kier molecular flexibility index (Phi) is 7.67. The van der Waals surface area contributed by atoms with Crippen molar-refractivity contribution in [1.82, 2.24) is 9.62 Å². The Morgan fingerprint density at radius 2 is 1.53 bits per heavy atom. The molecule has 1 N–H and O–H groups in total. The summed E-state index contributed by atoms with van der Waals surface area (Å²) in [5.74, 6) is 0.358. The highest BCUT2D eigenvalue weighted by atomic mass is 32.2. The molecule has 3 rings (SSSR count). The van der Waals surface area contributed by atoms with Gasteiger partial charge in [-0.2, -0.15) is 0 Å². The Bertz CT molecular complexity index is 929. The van der Waals surface area contributed by atoms with Crippen molar-refractivity contribution in [3.05, 3.63) is 70.8 Å². The summed E-state index contributed by atoms with van der Waals surface area (Å²) < 4.78 is 26.7. The predicted molar refractivity (Wildman–Crippen MR) is 121 cm³/mol. The highest BCUT2D eigenvalue weighted by Gasteiger charge is 2.24. The number of carbonyl (C=O) groups is 1. The molecule has 0 radical (unpaired) electrons. The molecule has 0 saturated carbocycles. The topological polar surface area (TPSA) is 66.5 Å². The highest BCUT2D eigenvalue weighted by molar-refractivity contribution is 7.88. The second kappa shape index (κ2) is 10.2. The molecule has 5 nitrogen and oxygen atoms in total. The second-order valence-corrected chi connectivity index (χ2v) is 10.3. The monoisotopic (exact) mass is 428 g/mol. The zero-order valence-corrected chi connectivity index (χ0v) is 18.7. The molecule has 162 valence electrons. The minimum Gasteiger partial charge on any atom is -0.352 e. The van der Waals surface area contributed by atoms with E-state index < -0.39 is 10.0 Å². The molecule has 0 atom stereocenters. The van der Waals surface area contributed by atoms with Crippen molar-refractivity contribution in [3.63, 3.8) is 0 Å². The molecule has 1 aliphatic heterocycles. The molecule has 0 bridgehead atoms. The third-order valence-electron chi connectivity index (χ3n) is 5.62. The summed E-state index contributed by atoms with van der Waals surface area (Å²) in [6.07, 6.45) is 3.73. The summed E-state index contributed by atoms with van der Waals surface area (Å²) >= 11 is 0. The van der Waals surface area contributed by atoms with E-state index in [0.29, 0.717) is 36.7 Å². The number of nitrogens with one attached hydrogen (secondary N) is 1. The Morgan fingerprint density at radius 3 is 2.13 bits per heavy atom. The first-order valence-corrected chi connectivity index (χ1v) is 12.4. The van der Waals surface area contributed by atoms with E-state index in [1.165, 1.54) is 11.1 Å².